The van der Waals surface area contributed by atoms with Gasteiger partial charge in [0, 0.05) is 42.5 Å². The standard InChI is InChI=1S/C20H22N4O2/c1-26-18-5-3-2-4-16(18)14-20(25)23-11-7-15(8-12-23)17-9-13-24-19(22-17)6-10-21-24/h2-6,9-10,13,15H,7-8,11-12,14H2,1H3. The average molecular weight is 350 g/mol. The number of carbonyl (C=O) groups excluding carboxylic acids is 1. The monoisotopic (exact) mass is 350 g/mol. The molecular weight excluding hydrogens is 328 g/mol. The molecule has 1 amide bonds. The molecular formula is C20H22N4O2. The van der Waals surface area contributed by atoms with E-state index in [4.69, 9.17) is 9.72 Å². The molecule has 0 spiro atoms. The number of hydrogen-bond acceptors (Lipinski definition) is 4. The lowest BCUT2D eigenvalue weighted by Gasteiger charge is -2.32. The van der Waals surface area contributed by atoms with Gasteiger partial charge in [0.25, 0.3) is 0 Å². The predicted molar refractivity (Wildman–Crippen MR) is 98.2 cm³/mol. The molecule has 1 aliphatic rings. The fraction of sp³-hybridized carbons (Fsp3) is 0.350. The molecule has 2 aromatic heterocycles. The Morgan fingerprint density at radius 2 is 2.00 bits per heavy atom. The number of para-hydroxylation sites is 1. The Kier molecular flexibility index (Phi) is 4.56. The maximum atomic E-state index is 12.7. The third-order valence-corrected chi connectivity index (χ3v) is 5.08. The van der Waals surface area contributed by atoms with Crippen molar-refractivity contribution in [3.8, 4) is 5.75 Å². The van der Waals surface area contributed by atoms with Gasteiger partial charge in [-0.2, -0.15) is 5.10 Å². The number of likely N-dealkylation sites (tertiary alicyclic amines) is 1. The number of amides is 1. The summed E-state index contributed by atoms with van der Waals surface area (Å²) in [7, 11) is 1.64. The Labute approximate surface area is 152 Å². The highest BCUT2D eigenvalue weighted by Gasteiger charge is 2.25. The normalized spacial score (nSPS) is 15.3. The van der Waals surface area contributed by atoms with Crippen LogP contribution in [0, 0.1) is 0 Å². The van der Waals surface area contributed by atoms with Gasteiger partial charge in [0.05, 0.1) is 19.7 Å². The van der Waals surface area contributed by atoms with Crippen molar-refractivity contribution in [2.45, 2.75) is 25.2 Å². The lowest BCUT2D eigenvalue weighted by Crippen LogP contribution is -2.39. The van der Waals surface area contributed by atoms with Crippen molar-refractivity contribution in [1.82, 2.24) is 19.5 Å². The third kappa shape index (κ3) is 3.27. The van der Waals surface area contributed by atoms with E-state index in [-0.39, 0.29) is 5.91 Å². The minimum atomic E-state index is 0.159. The molecule has 1 aliphatic heterocycles. The summed E-state index contributed by atoms with van der Waals surface area (Å²) in [6.07, 6.45) is 5.97. The Morgan fingerprint density at radius 3 is 2.81 bits per heavy atom. The van der Waals surface area contributed by atoms with Crippen molar-refractivity contribution in [2.75, 3.05) is 20.2 Å². The van der Waals surface area contributed by atoms with Crippen LogP contribution in [0.15, 0.2) is 48.8 Å². The zero-order chi connectivity index (χ0) is 17.9. The highest BCUT2D eigenvalue weighted by Crippen LogP contribution is 2.28. The number of benzene rings is 1. The molecule has 134 valence electrons. The van der Waals surface area contributed by atoms with Crippen molar-refractivity contribution in [3.63, 3.8) is 0 Å². The van der Waals surface area contributed by atoms with Gasteiger partial charge in [0.2, 0.25) is 5.91 Å². The van der Waals surface area contributed by atoms with Crippen LogP contribution in [0.5, 0.6) is 5.75 Å². The zero-order valence-electron chi connectivity index (χ0n) is 14.8. The van der Waals surface area contributed by atoms with Gasteiger partial charge < -0.3 is 9.64 Å². The van der Waals surface area contributed by atoms with E-state index in [0.717, 1.165) is 48.6 Å². The molecule has 3 aromatic rings. The van der Waals surface area contributed by atoms with Crippen LogP contribution < -0.4 is 4.74 Å². The van der Waals surface area contributed by atoms with Crippen molar-refractivity contribution < 1.29 is 9.53 Å². The second-order valence-electron chi connectivity index (χ2n) is 6.63. The van der Waals surface area contributed by atoms with Crippen LogP contribution in [0.25, 0.3) is 5.65 Å². The molecule has 0 aliphatic carbocycles. The van der Waals surface area contributed by atoms with E-state index in [2.05, 4.69) is 5.10 Å². The summed E-state index contributed by atoms with van der Waals surface area (Å²) >= 11 is 0. The molecule has 0 radical (unpaired) electrons. The van der Waals surface area contributed by atoms with Crippen LogP contribution in [-0.2, 0) is 11.2 Å². The second kappa shape index (κ2) is 7.15. The first-order valence-corrected chi connectivity index (χ1v) is 8.94. The maximum absolute atomic E-state index is 12.7. The van der Waals surface area contributed by atoms with Gasteiger partial charge in [-0.15, -0.1) is 0 Å². The summed E-state index contributed by atoms with van der Waals surface area (Å²) in [6, 6.07) is 11.7. The van der Waals surface area contributed by atoms with Gasteiger partial charge in [0.15, 0.2) is 5.65 Å². The van der Waals surface area contributed by atoms with Gasteiger partial charge in [0.1, 0.15) is 5.75 Å². The van der Waals surface area contributed by atoms with Crippen LogP contribution in [0.2, 0.25) is 0 Å². The van der Waals surface area contributed by atoms with Crippen molar-refractivity contribution in [3.05, 3.63) is 60.0 Å². The largest absolute Gasteiger partial charge is 0.496 e. The quantitative estimate of drug-likeness (QED) is 0.726. The predicted octanol–water partition coefficient (Wildman–Crippen LogP) is 2.69. The lowest BCUT2D eigenvalue weighted by molar-refractivity contribution is -0.131. The number of aromatic nitrogens is 3. The molecule has 6 heteroatoms. The Hall–Kier alpha value is -2.89. The summed E-state index contributed by atoms with van der Waals surface area (Å²) in [6.45, 7) is 1.54. The number of fused-ring (bicyclic) bond motifs is 1. The molecule has 0 N–H and O–H groups in total. The fourth-order valence-electron chi connectivity index (χ4n) is 3.60. The zero-order valence-corrected chi connectivity index (χ0v) is 14.8. The van der Waals surface area contributed by atoms with Gasteiger partial charge in [-0.3, -0.25) is 4.79 Å². The van der Waals surface area contributed by atoms with Crippen LogP contribution in [0.4, 0.5) is 0 Å². The minimum Gasteiger partial charge on any atom is -0.496 e. The molecule has 1 aromatic carbocycles. The fourth-order valence-corrected chi connectivity index (χ4v) is 3.60. The van der Waals surface area contributed by atoms with Crippen LogP contribution in [0.3, 0.4) is 0 Å². The smallest absolute Gasteiger partial charge is 0.227 e. The SMILES string of the molecule is COc1ccccc1CC(=O)N1CCC(c2ccn3nccc3n2)CC1. The average Bonchev–Trinajstić information content (AvgIpc) is 3.16. The number of nitrogens with zero attached hydrogens (tertiary/aromatic N) is 4. The van der Waals surface area contributed by atoms with E-state index in [1.54, 1.807) is 17.8 Å². The molecule has 0 atom stereocenters. The van der Waals surface area contributed by atoms with Crippen molar-refractivity contribution in [2.24, 2.45) is 0 Å². The highest BCUT2D eigenvalue weighted by atomic mass is 16.5. The first-order valence-electron chi connectivity index (χ1n) is 8.94. The van der Waals surface area contributed by atoms with Crippen molar-refractivity contribution >= 4 is 11.6 Å². The molecule has 4 rings (SSSR count). The first-order chi connectivity index (χ1) is 12.7. The molecule has 1 fully saturated rings. The molecule has 26 heavy (non-hydrogen) atoms. The van der Waals surface area contributed by atoms with Gasteiger partial charge in [-0.05, 0) is 25.0 Å². The summed E-state index contributed by atoms with van der Waals surface area (Å²) < 4.78 is 7.12. The first kappa shape index (κ1) is 16.6. The molecule has 0 unspecified atom stereocenters. The van der Waals surface area contributed by atoms with Gasteiger partial charge >= 0.3 is 0 Å². The second-order valence-corrected chi connectivity index (χ2v) is 6.63. The van der Waals surface area contributed by atoms with Crippen LogP contribution in [0.1, 0.15) is 30.0 Å². The van der Waals surface area contributed by atoms with E-state index in [9.17, 15) is 4.79 Å². The molecule has 0 bridgehead atoms. The highest BCUT2D eigenvalue weighted by molar-refractivity contribution is 5.79. The van der Waals surface area contributed by atoms with Crippen molar-refractivity contribution in [1.29, 1.82) is 0 Å². The van der Waals surface area contributed by atoms with E-state index >= 15 is 0 Å². The van der Waals surface area contributed by atoms with E-state index in [1.165, 1.54) is 0 Å². The Bertz CT molecular complexity index is 913. The Morgan fingerprint density at radius 1 is 1.19 bits per heavy atom. The van der Waals surface area contributed by atoms with E-state index in [0.29, 0.717) is 12.3 Å². The van der Waals surface area contributed by atoms with E-state index < -0.39 is 0 Å². The summed E-state index contributed by atoms with van der Waals surface area (Å²) in [4.78, 5) is 19.3. The van der Waals surface area contributed by atoms with Gasteiger partial charge in [-0.1, -0.05) is 18.2 Å². The molecule has 0 saturated carbocycles. The van der Waals surface area contributed by atoms with Crippen LogP contribution >= 0.6 is 0 Å². The van der Waals surface area contributed by atoms with Crippen LogP contribution in [-0.4, -0.2) is 45.6 Å². The lowest BCUT2D eigenvalue weighted by atomic mass is 9.93. The summed E-state index contributed by atoms with van der Waals surface area (Å²) in [5.41, 5.74) is 2.90. The number of rotatable bonds is 4. The number of hydrogen-bond donors (Lipinski definition) is 0. The minimum absolute atomic E-state index is 0.159. The number of piperidine rings is 1. The summed E-state index contributed by atoms with van der Waals surface area (Å²) in [5.74, 6) is 1.33. The number of methoxy groups -OCH3 is 1. The van der Waals surface area contributed by atoms with Gasteiger partial charge in [-0.25, -0.2) is 9.50 Å². The number of carbonyl (C=O) groups is 1. The summed E-state index contributed by atoms with van der Waals surface area (Å²) in [5, 5.41) is 4.19. The molecule has 3 heterocycles. The topological polar surface area (TPSA) is 59.7 Å². The third-order valence-electron chi connectivity index (χ3n) is 5.08. The Balaban J connectivity index is 1.39. The van der Waals surface area contributed by atoms with E-state index in [1.807, 2.05) is 47.5 Å². The maximum Gasteiger partial charge on any atom is 0.227 e. The molecule has 6 nitrogen and oxygen atoms in total. The number of ether oxygens (including phenoxy) is 1. The molecule has 1 saturated heterocycles.